The van der Waals surface area contributed by atoms with Gasteiger partial charge in [-0.25, -0.2) is 13.8 Å². The van der Waals surface area contributed by atoms with Gasteiger partial charge in [0.15, 0.2) is 11.5 Å². The van der Waals surface area contributed by atoms with Crippen LogP contribution < -0.4 is 23.9 Å². The fraction of sp³-hybridized carbons (Fsp3) is 0.200. The van der Waals surface area contributed by atoms with E-state index in [0.29, 0.717) is 39.6 Å². The van der Waals surface area contributed by atoms with Crippen molar-refractivity contribution >= 4 is 43.8 Å². The fourth-order valence-corrected chi connectivity index (χ4v) is 5.24. The summed E-state index contributed by atoms with van der Waals surface area (Å²) >= 11 is 3.42. The molecule has 1 N–H and O–H groups in total. The third kappa shape index (κ3) is 5.80. The van der Waals surface area contributed by atoms with Crippen LogP contribution in [-0.2, 0) is 14.8 Å². The molecule has 3 aromatic rings. The van der Waals surface area contributed by atoms with E-state index >= 15 is 0 Å². The molecule has 1 amide bonds. The Labute approximate surface area is 217 Å². The first-order valence-corrected chi connectivity index (χ1v) is 13.2. The zero-order chi connectivity index (χ0) is 25.7. The van der Waals surface area contributed by atoms with Crippen LogP contribution in [0.1, 0.15) is 18.1 Å². The predicted molar refractivity (Wildman–Crippen MR) is 139 cm³/mol. The summed E-state index contributed by atoms with van der Waals surface area (Å²) in [5.41, 5.74) is 4.36. The van der Waals surface area contributed by atoms with Gasteiger partial charge < -0.3 is 14.2 Å². The van der Waals surface area contributed by atoms with E-state index in [0.717, 1.165) is 9.87 Å². The zero-order valence-corrected chi connectivity index (χ0v) is 22.0. The van der Waals surface area contributed by atoms with Gasteiger partial charge in [0, 0.05) is 10.0 Å². The first-order chi connectivity index (χ1) is 17.3. The van der Waals surface area contributed by atoms with Crippen LogP contribution in [0.2, 0.25) is 0 Å². The maximum Gasteiger partial charge on any atom is 0.264 e. The molecule has 11 heteroatoms. The number of anilines is 1. The molecule has 0 bridgehead atoms. The smallest absolute Gasteiger partial charge is 0.264 e. The molecule has 3 aromatic carbocycles. The van der Waals surface area contributed by atoms with Crippen molar-refractivity contribution < 1.29 is 27.4 Å². The Hall–Kier alpha value is -3.57. The number of nitrogens with zero attached hydrogens (tertiary/aromatic N) is 2. The van der Waals surface area contributed by atoms with Crippen LogP contribution in [0, 0.1) is 6.92 Å². The lowest BCUT2D eigenvalue weighted by Gasteiger charge is -2.24. The van der Waals surface area contributed by atoms with Gasteiger partial charge in [0.1, 0.15) is 12.3 Å². The molecule has 0 spiro atoms. The molecule has 1 aliphatic heterocycles. The Morgan fingerprint density at radius 1 is 1.11 bits per heavy atom. The van der Waals surface area contributed by atoms with Gasteiger partial charge in [0.05, 0.1) is 23.4 Å². The second-order valence-electron chi connectivity index (χ2n) is 7.77. The van der Waals surface area contributed by atoms with E-state index in [9.17, 15) is 13.2 Å². The minimum Gasteiger partial charge on any atom is -0.494 e. The molecular weight excluding hydrogens is 550 g/mol. The van der Waals surface area contributed by atoms with E-state index in [4.69, 9.17) is 14.2 Å². The van der Waals surface area contributed by atoms with E-state index in [1.54, 1.807) is 48.5 Å². The van der Waals surface area contributed by atoms with Crippen LogP contribution in [0.4, 0.5) is 5.69 Å². The molecule has 4 rings (SSSR count). The molecule has 9 nitrogen and oxygen atoms in total. The summed E-state index contributed by atoms with van der Waals surface area (Å²) in [6.45, 7) is 3.86. The van der Waals surface area contributed by atoms with Gasteiger partial charge in [-0.1, -0.05) is 17.7 Å². The van der Waals surface area contributed by atoms with Crippen molar-refractivity contribution in [1.82, 2.24) is 5.43 Å². The normalized spacial score (nSPS) is 12.5. The second-order valence-corrected chi connectivity index (χ2v) is 10.5. The Balaban J connectivity index is 1.54. The van der Waals surface area contributed by atoms with Gasteiger partial charge in [0.2, 0.25) is 6.79 Å². The van der Waals surface area contributed by atoms with Crippen LogP contribution in [-0.4, -0.2) is 40.5 Å². The van der Waals surface area contributed by atoms with E-state index in [-0.39, 0.29) is 11.7 Å². The van der Waals surface area contributed by atoms with Gasteiger partial charge >= 0.3 is 0 Å². The molecular formula is C25H24BrN3O6S. The molecule has 0 saturated heterocycles. The highest BCUT2D eigenvalue weighted by Crippen LogP contribution is 2.36. The lowest BCUT2D eigenvalue weighted by molar-refractivity contribution is -0.119. The van der Waals surface area contributed by atoms with Crippen molar-refractivity contribution in [3.8, 4) is 17.2 Å². The minimum atomic E-state index is -4.06. The number of ether oxygens (including phenoxy) is 3. The summed E-state index contributed by atoms with van der Waals surface area (Å²) in [6.07, 6.45) is 1.43. The lowest BCUT2D eigenvalue weighted by Crippen LogP contribution is -2.39. The van der Waals surface area contributed by atoms with Crippen LogP contribution in [0.15, 0.2) is 75.1 Å². The van der Waals surface area contributed by atoms with Crippen molar-refractivity contribution in [2.75, 3.05) is 24.2 Å². The number of carbonyl (C=O) groups is 1. The van der Waals surface area contributed by atoms with Crippen LogP contribution >= 0.6 is 15.9 Å². The average Bonchev–Trinajstić information content (AvgIpc) is 3.31. The monoisotopic (exact) mass is 573 g/mol. The Bertz CT molecular complexity index is 1380. The largest absolute Gasteiger partial charge is 0.494 e. The zero-order valence-electron chi connectivity index (χ0n) is 19.6. The summed E-state index contributed by atoms with van der Waals surface area (Å²) in [7, 11) is -4.06. The van der Waals surface area contributed by atoms with Gasteiger partial charge in [-0.05, 0) is 78.3 Å². The molecule has 0 atom stereocenters. The Morgan fingerprint density at radius 2 is 1.78 bits per heavy atom. The van der Waals surface area contributed by atoms with Gasteiger partial charge in [-0.2, -0.15) is 5.10 Å². The molecule has 0 radical (unpaired) electrons. The van der Waals surface area contributed by atoms with E-state index in [1.807, 2.05) is 13.8 Å². The molecule has 1 heterocycles. The quantitative estimate of drug-likeness (QED) is 0.303. The first-order valence-electron chi connectivity index (χ1n) is 11.0. The van der Waals surface area contributed by atoms with Gasteiger partial charge in [-0.15, -0.1) is 0 Å². The number of halogens is 1. The van der Waals surface area contributed by atoms with Gasteiger partial charge in [-0.3, -0.25) is 9.10 Å². The van der Waals surface area contributed by atoms with Crippen LogP contribution in [0.5, 0.6) is 17.2 Å². The molecule has 36 heavy (non-hydrogen) atoms. The van der Waals surface area contributed by atoms with Crippen molar-refractivity contribution in [3.05, 3.63) is 76.3 Å². The SMILES string of the molecule is CCOc1ccc(S(=O)(=O)N(CC(=O)N/N=C\c2cc3c(cc2Br)OCO3)c2ccc(C)cc2)cc1. The Morgan fingerprint density at radius 3 is 2.44 bits per heavy atom. The maximum absolute atomic E-state index is 13.5. The standard InChI is InChI=1S/C25H24BrN3O6S/c1-3-33-20-8-10-21(11-9-20)36(31,32)29(19-6-4-17(2)5-7-19)15-25(30)28-27-14-18-12-23-24(13-22(18)26)35-16-34-23/h4-14H,3,15-16H2,1-2H3,(H,28,30)/b27-14-. The summed E-state index contributed by atoms with van der Waals surface area (Å²) in [5.74, 6) is 1.12. The lowest BCUT2D eigenvalue weighted by atomic mass is 10.2. The number of amides is 1. The summed E-state index contributed by atoms with van der Waals surface area (Å²) in [6, 6.07) is 16.4. The molecule has 0 aromatic heterocycles. The molecule has 0 unspecified atom stereocenters. The topological polar surface area (TPSA) is 107 Å². The highest BCUT2D eigenvalue weighted by molar-refractivity contribution is 9.10. The van der Waals surface area contributed by atoms with Crippen LogP contribution in [0.3, 0.4) is 0 Å². The maximum atomic E-state index is 13.5. The van der Waals surface area contributed by atoms with Crippen molar-refractivity contribution in [1.29, 1.82) is 0 Å². The molecule has 0 fully saturated rings. The average molecular weight is 574 g/mol. The number of rotatable bonds is 9. The highest BCUT2D eigenvalue weighted by atomic mass is 79.9. The minimum absolute atomic E-state index is 0.0344. The molecule has 0 saturated carbocycles. The molecule has 1 aliphatic rings. The number of hydrogen-bond acceptors (Lipinski definition) is 7. The summed E-state index contributed by atoms with van der Waals surface area (Å²) < 4.78 is 44.8. The molecule has 188 valence electrons. The number of hydrazone groups is 1. The van der Waals surface area contributed by atoms with Gasteiger partial charge in [0.25, 0.3) is 15.9 Å². The number of sulfonamides is 1. The van der Waals surface area contributed by atoms with E-state index in [1.165, 1.54) is 18.3 Å². The number of benzene rings is 3. The summed E-state index contributed by atoms with van der Waals surface area (Å²) in [4.78, 5) is 12.8. The first kappa shape index (κ1) is 25.5. The third-order valence-corrected chi connectivity index (χ3v) is 7.69. The van der Waals surface area contributed by atoms with Crippen molar-refractivity contribution in [2.45, 2.75) is 18.7 Å². The number of hydrogen-bond donors (Lipinski definition) is 1. The number of nitrogens with one attached hydrogen (secondary N) is 1. The second kappa shape index (κ2) is 11.0. The van der Waals surface area contributed by atoms with E-state index in [2.05, 4.69) is 26.5 Å². The fourth-order valence-electron chi connectivity index (χ4n) is 3.40. The predicted octanol–water partition coefficient (Wildman–Crippen LogP) is 4.23. The third-order valence-electron chi connectivity index (χ3n) is 5.22. The summed E-state index contributed by atoms with van der Waals surface area (Å²) in [5, 5.41) is 3.99. The van der Waals surface area contributed by atoms with E-state index < -0.39 is 22.5 Å². The highest BCUT2D eigenvalue weighted by Gasteiger charge is 2.27. The number of aryl methyl sites for hydroxylation is 1. The Kier molecular flexibility index (Phi) is 7.80. The van der Waals surface area contributed by atoms with Crippen LogP contribution in [0.25, 0.3) is 0 Å². The molecule has 0 aliphatic carbocycles. The number of carbonyl (C=O) groups excluding carboxylic acids is 1. The van der Waals surface area contributed by atoms with Crippen molar-refractivity contribution in [2.24, 2.45) is 5.10 Å². The van der Waals surface area contributed by atoms with Crippen molar-refractivity contribution in [3.63, 3.8) is 0 Å². The number of fused-ring (bicyclic) bond motifs is 1.